The van der Waals surface area contributed by atoms with Gasteiger partial charge in [0.05, 0.1) is 16.7 Å². The lowest BCUT2D eigenvalue weighted by Crippen LogP contribution is -2.11. The zero-order valence-corrected chi connectivity index (χ0v) is 20.1. The second-order valence-corrected chi connectivity index (χ2v) is 9.37. The highest BCUT2D eigenvalue weighted by Gasteiger charge is 2.16. The highest BCUT2D eigenvalue weighted by molar-refractivity contribution is 7.23. The van der Waals surface area contributed by atoms with Crippen LogP contribution in [0.4, 0.5) is 28.0 Å². The first kappa shape index (κ1) is 23.1. The van der Waals surface area contributed by atoms with E-state index in [-0.39, 0.29) is 11.6 Å². The number of non-ortho nitro benzene ring substituents is 1. The van der Waals surface area contributed by atoms with Gasteiger partial charge >= 0.3 is 0 Å². The van der Waals surface area contributed by atoms with E-state index in [1.165, 1.54) is 34.8 Å². The Kier molecular flexibility index (Phi) is 6.39. The number of benzene rings is 3. The van der Waals surface area contributed by atoms with Gasteiger partial charge in [0.15, 0.2) is 5.13 Å². The lowest BCUT2D eigenvalue weighted by atomic mass is 10.1. The van der Waals surface area contributed by atoms with Crippen molar-refractivity contribution in [1.82, 2.24) is 9.97 Å². The van der Waals surface area contributed by atoms with E-state index in [1.54, 1.807) is 18.2 Å². The molecule has 0 unspecified atom stereocenters. The summed E-state index contributed by atoms with van der Waals surface area (Å²) in [5.41, 5.74) is 9.34. The Morgan fingerprint density at radius 2 is 1.86 bits per heavy atom. The molecule has 9 nitrogen and oxygen atoms in total. The molecule has 5 rings (SSSR count). The molecule has 2 heterocycles. The van der Waals surface area contributed by atoms with Crippen LogP contribution in [-0.2, 0) is 0 Å². The fourth-order valence-corrected chi connectivity index (χ4v) is 5.19. The minimum atomic E-state index is -0.508. The van der Waals surface area contributed by atoms with Gasteiger partial charge in [-0.15, -0.1) is 11.3 Å². The van der Waals surface area contributed by atoms with Crippen LogP contribution in [0.25, 0.3) is 21.1 Å². The number of hydrogen-bond acceptors (Lipinski definition) is 9. The molecule has 1 amide bonds. The number of carbonyl (C=O) groups excluding carboxylic acids is 1. The third-order valence-electron chi connectivity index (χ3n) is 5.04. The second kappa shape index (κ2) is 9.94. The van der Waals surface area contributed by atoms with Crippen LogP contribution in [0.2, 0.25) is 0 Å². The van der Waals surface area contributed by atoms with E-state index in [9.17, 15) is 14.9 Å². The van der Waals surface area contributed by atoms with Gasteiger partial charge in [-0.3, -0.25) is 14.9 Å². The number of amides is 1. The molecule has 0 atom stereocenters. The molecule has 0 fully saturated rings. The summed E-state index contributed by atoms with van der Waals surface area (Å²) >= 11 is 2.73. The Morgan fingerprint density at radius 1 is 1.03 bits per heavy atom. The summed E-state index contributed by atoms with van der Waals surface area (Å²) in [5, 5.41) is 20.0. The van der Waals surface area contributed by atoms with Crippen LogP contribution in [-0.4, -0.2) is 20.8 Å². The monoisotopic (exact) mass is 513 g/mol. The van der Waals surface area contributed by atoms with E-state index in [0.29, 0.717) is 37.8 Å². The summed E-state index contributed by atoms with van der Waals surface area (Å²) in [6, 6.07) is 23.5. The highest BCUT2D eigenvalue weighted by atomic mass is 32.1. The summed E-state index contributed by atoms with van der Waals surface area (Å²) in [6.45, 7) is 0. The number of thiazole rings is 2. The van der Waals surface area contributed by atoms with E-state index >= 15 is 0 Å². The number of nitro groups is 1. The predicted octanol–water partition coefficient (Wildman–Crippen LogP) is 6.22. The van der Waals surface area contributed by atoms with E-state index in [0.717, 1.165) is 11.3 Å². The van der Waals surface area contributed by atoms with Crippen molar-refractivity contribution in [3.63, 3.8) is 0 Å². The maximum atomic E-state index is 12.5. The third-order valence-corrected chi connectivity index (χ3v) is 7.02. The third kappa shape index (κ3) is 5.06. The van der Waals surface area contributed by atoms with Gasteiger partial charge in [0.2, 0.25) is 0 Å². The summed E-state index contributed by atoms with van der Waals surface area (Å²) < 4.78 is 0. The number of aromatic nitrogens is 2. The number of carbonyl (C=O) groups is 1. The molecule has 1 radical (unpaired) electrons. The number of nitro benzene ring substituents is 1. The first-order valence-corrected chi connectivity index (χ1v) is 12.3. The van der Waals surface area contributed by atoms with E-state index in [4.69, 9.17) is 10.7 Å². The van der Waals surface area contributed by atoms with Crippen LogP contribution in [0.1, 0.15) is 10.4 Å². The normalized spacial score (nSPS) is 10.7. The molecule has 36 heavy (non-hydrogen) atoms. The van der Waals surface area contributed by atoms with Crippen LogP contribution >= 0.6 is 22.7 Å². The summed E-state index contributed by atoms with van der Waals surface area (Å²) in [5.74, 6) is 0.120. The highest BCUT2D eigenvalue weighted by Crippen LogP contribution is 2.39. The van der Waals surface area contributed by atoms with Crippen LogP contribution in [0.3, 0.4) is 0 Å². The largest absolute Gasteiger partial charge is 0.382 e. The Bertz CT molecular complexity index is 1570. The minimum Gasteiger partial charge on any atom is -0.382 e. The molecule has 0 aliphatic heterocycles. The average Bonchev–Trinajstić information content (AvgIpc) is 3.51. The molecule has 0 saturated carbocycles. The number of nitrogens with two attached hydrogens (primary N) is 1. The van der Waals surface area contributed by atoms with Crippen LogP contribution in [0.5, 0.6) is 0 Å². The number of nitrogens with one attached hydrogen (secondary N) is 2. The maximum absolute atomic E-state index is 12.5. The standard InChI is InChI=1S/C25H17N6O3S2/c26-22-21(36-25(30-22)28-18-10-5-11-19(13-18)31(33)34)24-29-20(14-35-24)16-8-4-9-17(12-16)27-23(32)15-6-2-1-3-7-15/h1-10,12-14H,26H2,(H,27,32)(H,28,30). The molecule has 3 aromatic carbocycles. The van der Waals surface area contributed by atoms with Gasteiger partial charge in [0.1, 0.15) is 15.7 Å². The zero-order chi connectivity index (χ0) is 25.1. The van der Waals surface area contributed by atoms with Gasteiger partial charge in [-0.1, -0.05) is 41.7 Å². The van der Waals surface area contributed by atoms with Gasteiger partial charge in [-0.05, 0) is 36.4 Å². The van der Waals surface area contributed by atoms with Crippen molar-refractivity contribution in [1.29, 1.82) is 0 Å². The molecule has 177 valence electrons. The smallest absolute Gasteiger partial charge is 0.279 e. The van der Waals surface area contributed by atoms with Crippen molar-refractivity contribution in [2.45, 2.75) is 0 Å². The summed E-state index contributed by atoms with van der Waals surface area (Å²) in [6.07, 6.45) is 0. The van der Waals surface area contributed by atoms with Gasteiger partial charge in [0, 0.05) is 33.9 Å². The number of anilines is 4. The van der Waals surface area contributed by atoms with Crippen molar-refractivity contribution < 1.29 is 9.72 Å². The van der Waals surface area contributed by atoms with Crippen molar-refractivity contribution in [3.8, 4) is 21.1 Å². The Labute approximate surface area is 213 Å². The van der Waals surface area contributed by atoms with E-state index in [1.807, 2.05) is 47.8 Å². The Balaban J connectivity index is 1.34. The molecule has 0 aliphatic rings. The summed E-state index contributed by atoms with van der Waals surface area (Å²) in [4.78, 5) is 32.7. The van der Waals surface area contributed by atoms with E-state index in [2.05, 4.69) is 21.7 Å². The van der Waals surface area contributed by atoms with Gasteiger partial charge in [-0.25, -0.2) is 9.97 Å². The fraction of sp³-hybridized carbons (Fsp3) is 0. The van der Waals surface area contributed by atoms with Crippen molar-refractivity contribution in [3.05, 3.63) is 99.9 Å². The zero-order valence-electron chi connectivity index (χ0n) is 18.5. The summed E-state index contributed by atoms with van der Waals surface area (Å²) in [7, 11) is 0. The molecule has 0 saturated heterocycles. The fourth-order valence-electron chi connectivity index (χ4n) is 3.36. The molecule has 2 aromatic heterocycles. The average molecular weight is 514 g/mol. The van der Waals surface area contributed by atoms with Gasteiger partial charge < -0.3 is 16.4 Å². The topological polar surface area (TPSA) is 136 Å². The Morgan fingerprint density at radius 3 is 2.67 bits per heavy atom. The van der Waals surface area contributed by atoms with Crippen molar-refractivity contribution >= 4 is 56.6 Å². The quantitative estimate of drug-likeness (QED) is 0.174. The molecule has 11 heteroatoms. The second-order valence-electron chi connectivity index (χ2n) is 7.52. The molecule has 0 spiro atoms. The molecule has 5 aromatic rings. The van der Waals surface area contributed by atoms with Crippen molar-refractivity contribution in [2.24, 2.45) is 0 Å². The number of hydrogen-bond donors (Lipinski definition) is 3. The lowest BCUT2D eigenvalue weighted by molar-refractivity contribution is -0.385. The van der Waals surface area contributed by atoms with Crippen molar-refractivity contribution in [2.75, 3.05) is 16.4 Å². The number of nitrogen functional groups attached to an aromatic ring is 1. The first-order valence-electron chi connectivity index (χ1n) is 10.6. The lowest BCUT2D eigenvalue weighted by Gasteiger charge is -2.06. The van der Waals surface area contributed by atoms with Crippen LogP contribution in [0.15, 0.2) is 78.2 Å². The molecule has 0 bridgehead atoms. The molecular formula is C25H17N6O3S2. The Hall–Kier alpha value is -4.61. The first-order chi connectivity index (χ1) is 17.5. The van der Waals surface area contributed by atoms with Crippen LogP contribution in [0, 0.1) is 16.2 Å². The minimum absolute atomic E-state index is 0.142. The number of nitrogens with zero attached hydrogens (tertiary/aromatic N) is 3. The SMILES string of the molecule is Nc1nc(Nc2cc[c]c([N+](=O)[O-])c2)sc1-c1nc(-c2cccc(NC(=O)c3ccccc3)c2)cs1. The van der Waals surface area contributed by atoms with Gasteiger partial charge in [0.25, 0.3) is 11.6 Å². The molecular weight excluding hydrogens is 496 g/mol. The van der Waals surface area contributed by atoms with Crippen LogP contribution < -0.4 is 16.4 Å². The number of rotatable bonds is 7. The maximum Gasteiger partial charge on any atom is 0.279 e. The molecule has 4 N–H and O–H groups in total. The predicted molar refractivity (Wildman–Crippen MR) is 143 cm³/mol. The van der Waals surface area contributed by atoms with E-state index < -0.39 is 4.92 Å². The van der Waals surface area contributed by atoms with Gasteiger partial charge in [-0.2, -0.15) is 0 Å². The molecule has 0 aliphatic carbocycles.